The Hall–Kier alpha value is -3.17. The highest BCUT2D eigenvalue weighted by atomic mass is 16.2. The summed E-state index contributed by atoms with van der Waals surface area (Å²) in [6.07, 6.45) is 4.79. The summed E-state index contributed by atoms with van der Waals surface area (Å²) in [5.41, 5.74) is 4.82. The van der Waals surface area contributed by atoms with Crippen molar-refractivity contribution in [2.45, 2.75) is 13.0 Å². The van der Waals surface area contributed by atoms with Crippen molar-refractivity contribution < 1.29 is 4.79 Å². The minimum Gasteiger partial charge on any atom is -0.340 e. The minimum absolute atomic E-state index is 0.232. The third-order valence-electron chi connectivity index (χ3n) is 5.58. The second kappa shape index (κ2) is 10.0. The van der Waals surface area contributed by atoms with Crippen LogP contribution >= 0.6 is 0 Å². The molecule has 0 saturated carbocycles. The van der Waals surface area contributed by atoms with Crippen molar-refractivity contribution in [3.8, 4) is 0 Å². The number of carbonyl (C=O) groups excluding carboxylic acids is 1. The fourth-order valence-corrected chi connectivity index (χ4v) is 3.79. The quantitative estimate of drug-likeness (QED) is 0.562. The average molecular weight is 397 g/mol. The van der Waals surface area contributed by atoms with Gasteiger partial charge in [0.1, 0.15) is 0 Å². The summed E-state index contributed by atoms with van der Waals surface area (Å²) >= 11 is 0. The molecule has 0 atom stereocenters. The Balaban J connectivity index is 1.25. The molecule has 3 nitrogen and oxygen atoms in total. The molecule has 0 radical (unpaired) electrons. The number of nitrogens with zero attached hydrogens (tertiary/aromatic N) is 2. The minimum atomic E-state index is 0.232. The van der Waals surface area contributed by atoms with Crippen LogP contribution < -0.4 is 0 Å². The first-order chi connectivity index (χ1) is 14.8. The van der Waals surface area contributed by atoms with E-state index in [2.05, 4.69) is 65.6 Å². The van der Waals surface area contributed by atoms with E-state index in [9.17, 15) is 4.79 Å². The van der Waals surface area contributed by atoms with Gasteiger partial charge in [0.05, 0.1) is 6.42 Å². The van der Waals surface area contributed by atoms with E-state index in [-0.39, 0.29) is 5.91 Å². The first-order valence-electron chi connectivity index (χ1n) is 10.6. The maximum Gasteiger partial charge on any atom is 0.227 e. The highest BCUT2D eigenvalue weighted by Gasteiger charge is 2.21. The monoisotopic (exact) mass is 396 g/mol. The van der Waals surface area contributed by atoms with Crippen LogP contribution in [0.25, 0.3) is 12.2 Å². The molecule has 1 saturated heterocycles. The molecule has 30 heavy (non-hydrogen) atoms. The summed E-state index contributed by atoms with van der Waals surface area (Å²) in [5.74, 6) is 0.232. The van der Waals surface area contributed by atoms with Gasteiger partial charge in [-0.2, -0.15) is 0 Å². The molecule has 3 aromatic carbocycles. The molecule has 1 aliphatic heterocycles. The molecule has 152 valence electrons. The van der Waals surface area contributed by atoms with Gasteiger partial charge >= 0.3 is 0 Å². The largest absolute Gasteiger partial charge is 0.340 e. The van der Waals surface area contributed by atoms with Gasteiger partial charge in [0.25, 0.3) is 0 Å². The van der Waals surface area contributed by atoms with E-state index in [1.807, 2.05) is 41.3 Å². The van der Waals surface area contributed by atoms with E-state index in [1.165, 1.54) is 16.7 Å². The third kappa shape index (κ3) is 5.68. The van der Waals surface area contributed by atoms with Gasteiger partial charge in [-0.3, -0.25) is 9.69 Å². The van der Waals surface area contributed by atoms with Crippen molar-refractivity contribution >= 4 is 18.1 Å². The zero-order chi connectivity index (χ0) is 20.6. The molecule has 1 fully saturated rings. The molecular formula is C27H28N2O. The maximum atomic E-state index is 12.5. The van der Waals surface area contributed by atoms with Gasteiger partial charge in [0.15, 0.2) is 0 Å². The van der Waals surface area contributed by atoms with E-state index >= 15 is 0 Å². The lowest BCUT2D eigenvalue weighted by Gasteiger charge is -2.34. The zero-order valence-electron chi connectivity index (χ0n) is 17.3. The van der Waals surface area contributed by atoms with Gasteiger partial charge in [-0.1, -0.05) is 97.1 Å². The number of carbonyl (C=O) groups is 1. The SMILES string of the molecule is O=C(Cc1ccccc1)N1CCN(Cc2ccc(/C=C/c3ccccc3)cc2)CC1. The molecule has 0 aromatic heterocycles. The maximum absolute atomic E-state index is 12.5. The van der Waals surface area contributed by atoms with Crippen molar-refractivity contribution in [2.24, 2.45) is 0 Å². The molecule has 1 aliphatic rings. The van der Waals surface area contributed by atoms with Crippen LogP contribution in [0.2, 0.25) is 0 Å². The fourth-order valence-electron chi connectivity index (χ4n) is 3.79. The Morgan fingerprint density at radius 1 is 0.667 bits per heavy atom. The molecule has 3 heteroatoms. The molecule has 0 spiro atoms. The summed E-state index contributed by atoms with van der Waals surface area (Å²) in [6, 6.07) is 29.1. The first kappa shape index (κ1) is 20.1. The Kier molecular flexibility index (Phi) is 6.73. The fraction of sp³-hybridized carbons (Fsp3) is 0.222. The normalized spacial score (nSPS) is 14.9. The zero-order valence-corrected chi connectivity index (χ0v) is 17.3. The van der Waals surface area contributed by atoms with E-state index < -0.39 is 0 Å². The summed E-state index contributed by atoms with van der Waals surface area (Å²) in [5, 5.41) is 0. The van der Waals surface area contributed by atoms with Gasteiger partial charge in [-0.15, -0.1) is 0 Å². The number of rotatable bonds is 6. The second-order valence-electron chi connectivity index (χ2n) is 7.80. The Morgan fingerprint density at radius 3 is 1.87 bits per heavy atom. The Bertz CT molecular complexity index is 957. The summed E-state index contributed by atoms with van der Waals surface area (Å²) in [4.78, 5) is 17.0. The smallest absolute Gasteiger partial charge is 0.227 e. The summed E-state index contributed by atoms with van der Waals surface area (Å²) < 4.78 is 0. The summed E-state index contributed by atoms with van der Waals surface area (Å²) in [7, 11) is 0. The van der Waals surface area contributed by atoms with E-state index in [0.717, 1.165) is 38.3 Å². The highest BCUT2D eigenvalue weighted by molar-refractivity contribution is 5.78. The molecule has 1 amide bonds. The molecule has 0 unspecified atom stereocenters. The number of benzene rings is 3. The van der Waals surface area contributed by atoms with Crippen LogP contribution in [0.1, 0.15) is 22.3 Å². The number of hydrogen-bond acceptors (Lipinski definition) is 2. The predicted octanol–water partition coefficient (Wildman–Crippen LogP) is 4.74. The molecule has 1 heterocycles. The lowest BCUT2D eigenvalue weighted by atomic mass is 10.1. The lowest BCUT2D eigenvalue weighted by molar-refractivity contribution is -0.132. The average Bonchev–Trinajstić information content (AvgIpc) is 2.80. The van der Waals surface area contributed by atoms with Crippen LogP contribution in [0.5, 0.6) is 0 Å². The van der Waals surface area contributed by atoms with Crippen LogP contribution in [-0.2, 0) is 17.8 Å². The predicted molar refractivity (Wildman–Crippen MR) is 124 cm³/mol. The second-order valence-corrected chi connectivity index (χ2v) is 7.80. The molecule has 0 bridgehead atoms. The van der Waals surface area contributed by atoms with Crippen molar-refractivity contribution in [1.82, 2.24) is 9.80 Å². The number of hydrogen-bond donors (Lipinski definition) is 0. The molecular weight excluding hydrogens is 368 g/mol. The van der Waals surface area contributed by atoms with Gasteiger partial charge < -0.3 is 4.90 Å². The molecule has 0 N–H and O–H groups in total. The van der Waals surface area contributed by atoms with Crippen molar-refractivity contribution in [1.29, 1.82) is 0 Å². The van der Waals surface area contributed by atoms with Crippen LogP contribution in [0.15, 0.2) is 84.9 Å². The lowest BCUT2D eigenvalue weighted by Crippen LogP contribution is -2.48. The van der Waals surface area contributed by atoms with E-state index in [4.69, 9.17) is 0 Å². The van der Waals surface area contributed by atoms with Crippen LogP contribution in [0.3, 0.4) is 0 Å². The summed E-state index contributed by atoms with van der Waals surface area (Å²) in [6.45, 7) is 4.41. The standard InChI is InChI=1S/C27H28N2O/c30-27(21-25-9-5-2-6-10-25)29-19-17-28(18-20-29)22-26-15-13-24(14-16-26)12-11-23-7-3-1-4-8-23/h1-16H,17-22H2/b12-11+. The van der Waals surface area contributed by atoms with Crippen LogP contribution in [-0.4, -0.2) is 41.9 Å². The van der Waals surface area contributed by atoms with Gasteiger partial charge in [0, 0.05) is 32.7 Å². The van der Waals surface area contributed by atoms with Crippen molar-refractivity contribution in [2.75, 3.05) is 26.2 Å². The van der Waals surface area contributed by atoms with Crippen LogP contribution in [0.4, 0.5) is 0 Å². The van der Waals surface area contributed by atoms with Crippen LogP contribution in [0, 0.1) is 0 Å². The molecule has 0 aliphatic carbocycles. The number of amides is 1. The first-order valence-corrected chi connectivity index (χ1v) is 10.6. The topological polar surface area (TPSA) is 23.6 Å². The van der Waals surface area contributed by atoms with Crippen molar-refractivity contribution in [3.05, 3.63) is 107 Å². The van der Waals surface area contributed by atoms with E-state index in [0.29, 0.717) is 6.42 Å². The third-order valence-corrected chi connectivity index (χ3v) is 5.58. The van der Waals surface area contributed by atoms with E-state index in [1.54, 1.807) is 0 Å². The van der Waals surface area contributed by atoms with Gasteiger partial charge in [-0.05, 0) is 22.3 Å². The Morgan fingerprint density at radius 2 is 1.23 bits per heavy atom. The highest BCUT2D eigenvalue weighted by Crippen LogP contribution is 2.13. The Labute approximate surface area is 179 Å². The van der Waals surface area contributed by atoms with Gasteiger partial charge in [0.2, 0.25) is 5.91 Å². The molecule has 3 aromatic rings. The van der Waals surface area contributed by atoms with Crippen molar-refractivity contribution in [3.63, 3.8) is 0 Å². The molecule has 4 rings (SSSR count). The van der Waals surface area contributed by atoms with Gasteiger partial charge in [-0.25, -0.2) is 0 Å². The number of piperazine rings is 1.